The number of carbonyl (C=O) groups is 1. The van der Waals surface area contributed by atoms with Crippen molar-refractivity contribution in [1.82, 2.24) is 0 Å². The first-order valence-corrected chi connectivity index (χ1v) is 3.51. The third-order valence-electron chi connectivity index (χ3n) is 1.58. The Morgan fingerprint density at radius 3 is 2.38 bits per heavy atom. The van der Waals surface area contributed by atoms with E-state index in [-0.39, 0.29) is 11.3 Å². The van der Waals surface area contributed by atoms with Crippen LogP contribution in [-0.2, 0) is 4.79 Å². The summed E-state index contributed by atoms with van der Waals surface area (Å²) in [4.78, 5) is 10.5. The average Bonchev–Trinajstić information content (AvgIpc) is 2.08. The normalized spacial score (nSPS) is 12.4. The summed E-state index contributed by atoms with van der Waals surface area (Å²) < 4.78 is 0. The highest BCUT2D eigenvalue weighted by Gasteiger charge is 2.14. The number of hydrogen-bond acceptors (Lipinski definition) is 4. The van der Waals surface area contributed by atoms with Crippen molar-refractivity contribution in [1.29, 1.82) is 0 Å². The van der Waals surface area contributed by atoms with Crippen molar-refractivity contribution in [2.75, 3.05) is 0 Å². The van der Waals surface area contributed by atoms with Gasteiger partial charge < -0.3 is 21.1 Å². The number of primary amides is 1. The highest BCUT2D eigenvalue weighted by Crippen LogP contribution is 2.27. The lowest BCUT2D eigenvalue weighted by Gasteiger charge is -2.07. The zero-order valence-corrected chi connectivity index (χ0v) is 6.64. The number of aliphatic hydroxyl groups is 1. The number of phenolic OH excluding ortho intramolecular Hbond substituents is 2. The topological polar surface area (TPSA) is 104 Å². The van der Waals surface area contributed by atoms with E-state index in [1.165, 1.54) is 6.07 Å². The van der Waals surface area contributed by atoms with Crippen LogP contribution in [0.2, 0.25) is 0 Å². The molecule has 1 unspecified atom stereocenters. The van der Waals surface area contributed by atoms with E-state index in [0.29, 0.717) is 0 Å². The molecule has 5 nitrogen and oxygen atoms in total. The van der Waals surface area contributed by atoms with Crippen LogP contribution < -0.4 is 5.73 Å². The van der Waals surface area contributed by atoms with Crippen molar-refractivity contribution < 1.29 is 20.1 Å². The zero-order chi connectivity index (χ0) is 10.0. The van der Waals surface area contributed by atoms with E-state index < -0.39 is 17.8 Å². The Hall–Kier alpha value is -1.75. The molecule has 70 valence electrons. The minimum Gasteiger partial charge on any atom is -0.504 e. The number of aliphatic hydroxyl groups excluding tert-OH is 1. The van der Waals surface area contributed by atoms with Crippen molar-refractivity contribution in [3.63, 3.8) is 0 Å². The van der Waals surface area contributed by atoms with Crippen LogP contribution in [0.3, 0.4) is 0 Å². The Bertz CT molecular complexity index is 337. The Balaban J connectivity index is 3.03. The number of rotatable bonds is 2. The first-order chi connectivity index (χ1) is 6.02. The molecule has 0 aromatic heterocycles. The first-order valence-electron chi connectivity index (χ1n) is 3.51. The fourth-order valence-corrected chi connectivity index (χ4v) is 0.875. The maximum Gasteiger partial charge on any atom is 0.250 e. The first kappa shape index (κ1) is 9.34. The number of aromatic hydroxyl groups is 2. The maximum atomic E-state index is 10.5. The molecular weight excluding hydrogens is 174 g/mol. The van der Waals surface area contributed by atoms with Crippen LogP contribution in [0.5, 0.6) is 11.5 Å². The molecule has 0 aliphatic heterocycles. The fourth-order valence-electron chi connectivity index (χ4n) is 0.875. The molecule has 1 atom stereocenters. The van der Waals surface area contributed by atoms with Gasteiger partial charge in [0.05, 0.1) is 0 Å². The van der Waals surface area contributed by atoms with E-state index in [1.807, 2.05) is 0 Å². The van der Waals surface area contributed by atoms with Gasteiger partial charge in [-0.05, 0) is 17.7 Å². The summed E-state index contributed by atoms with van der Waals surface area (Å²) in [5.74, 6) is -1.64. The van der Waals surface area contributed by atoms with Crippen LogP contribution in [0.4, 0.5) is 0 Å². The summed E-state index contributed by atoms with van der Waals surface area (Å²) in [6.45, 7) is 0. The molecule has 0 saturated carbocycles. The zero-order valence-electron chi connectivity index (χ0n) is 6.64. The van der Waals surface area contributed by atoms with Crippen LogP contribution >= 0.6 is 0 Å². The molecule has 0 heterocycles. The molecule has 5 heteroatoms. The number of hydrogen-bond donors (Lipinski definition) is 4. The van der Waals surface area contributed by atoms with Gasteiger partial charge in [0.25, 0.3) is 5.91 Å². The Morgan fingerprint density at radius 2 is 1.92 bits per heavy atom. The lowest BCUT2D eigenvalue weighted by Crippen LogP contribution is -2.20. The van der Waals surface area contributed by atoms with E-state index in [0.717, 1.165) is 12.1 Å². The lowest BCUT2D eigenvalue weighted by molar-refractivity contribution is -0.126. The molecular formula is C8H9NO4. The molecule has 1 amide bonds. The van der Waals surface area contributed by atoms with E-state index >= 15 is 0 Å². The summed E-state index contributed by atoms with van der Waals surface area (Å²) in [7, 11) is 0. The maximum absolute atomic E-state index is 10.5. The third-order valence-corrected chi connectivity index (χ3v) is 1.58. The second-order valence-electron chi connectivity index (χ2n) is 2.55. The second kappa shape index (κ2) is 3.32. The number of benzene rings is 1. The quantitative estimate of drug-likeness (QED) is 0.469. The predicted molar refractivity (Wildman–Crippen MR) is 43.9 cm³/mol. The van der Waals surface area contributed by atoms with Crippen molar-refractivity contribution in [2.45, 2.75) is 6.10 Å². The van der Waals surface area contributed by atoms with Crippen molar-refractivity contribution in [3.05, 3.63) is 23.8 Å². The van der Waals surface area contributed by atoms with Gasteiger partial charge in [-0.15, -0.1) is 0 Å². The summed E-state index contributed by atoms with van der Waals surface area (Å²) in [5.41, 5.74) is 4.96. The third kappa shape index (κ3) is 1.88. The van der Waals surface area contributed by atoms with Crippen LogP contribution in [0.1, 0.15) is 11.7 Å². The molecule has 0 aliphatic carbocycles. The molecule has 1 rings (SSSR count). The fraction of sp³-hybridized carbons (Fsp3) is 0.125. The van der Waals surface area contributed by atoms with Gasteiger partial charge in [-0.1, -0.05) is 6.07 Å². The van der Waals surface area contributed by atoms with E-state index in [2.05, 4.69) is 0 Å². The summed E-state index contributed by atoms with van der Waals surface area (Å²) >= 11 is 0. The largest absolute Gasteiger partial charge is 0.504 e. The van der Waals surface area contributed by atoms with E-state index in [1.54, 1.807) is 0 Å². The highest BCUT2D eigenvalue weighted by atomic mass is 16.3. The van der Waals surface area contributed by atoms with Gasteiger partial charge in [0.1, 0.15) is 0 Å². The molecule has 0 radical (unpaired) electrons. The molecule has 0 spiro atoms. The van der Waals surface area contributed by atoms with Crippen molar-refractivity contribution in [3.8, 4) is 11.5 Å². The summed E-state index contributed by atoms with van der Waals surface area (Å²) in [5, 5.41) is 27.1. The van der Waals surface area contributed by atoms with Crippen molar-refractivity contribution >= 4 is 5.91 Å². The number of carbonyl (C=O) groups excluding carboxylic acids is 1. The van der Waals surface area contributed by atoms with Crippen LogP contribution in [0.15, 0.2) is 18.2 Å². The Kier molecular flexibility index (Phi) is 2.39. The number of amides is 1. The van der Waals surface area contributed by atoms with Crippen LogP contribution in [0, 0.1) is 0 Å². The van der Waals surface area contributed by atoms with Gasteiger partial charge in [-0.2, -0.15) is 0 Å². The minimum absolute atomic E-state index is 0.141. The average molecular weight is 183 g/mol. The van der Waals surface area contributed by atoms with Gasteiger partial charge in [0.15, 0.2) is 17.6 Å². The van der Waals surface area contributed by atoms with Gasteiger partial charge in [-0.25, -0.2) is 0 Å². The Labute approximate surface area is 74.0 Å². The molecule has 1 aromatic rings. The highest BCUT2D eigenvalue weighted by molar-refractivity contribution is 5.80. The van der Waals surface area contributed by atoms with E-state index in [4.69, 9.17) is 21.1 Å². The van der Waals surface area contributed by atoms with E-state index in [9.17, 15) is 4.79 Å². The molecule has 0 saturated heterocycles. The van der Waals surface area contributed by atoms with Gasteiger partial charge in [-0.3, -0.25) is 4.79 Å². The molecule has 1 aromatic carbocycles. The van der Waals surface area contributed by atoms with Gasteiger partial charge in [0, 0.05) is 0 Å². The van der Waals surface area contributed by atoms with Crippen LogP contribution in [-0.4, -0.2) is 21.2 Å². The molecule has 5 N–H and O–H groups in total. The Morgan fingerprint density at radius 1 is 1.31 bits per heavy atom. The molecule has 0 fully saturated rings. The van der Waals surface area contributed by atoms with Gasteiger partial charge in [0.2, 0.25) is 0 Å². The van der Waals surface area contributed by atoms with Crippen LogP contribution in [0.25, 0.3) is 0 Å². The molecule has 13 heavy (non-hydrogen) atoms. The molecule has 0 bridgehead atoms. The summed E-state index contributed by atoms with van der Waals surface area (Å²) in [6, 6.07) is 3.53. The predicted octanol–water partition coefficient (Wildman–Crippen LogP) is -0.383. The standard InChI is InChI=1S/C8H9NO4/c9-8(13)7(12)4-1-2-5(10)6(11)3-4/h1-3,7,10-12H,(H2,9,13). The van der Waals surface area contributed by atoms with Crippen molar-refractivity contribution in [2.24, 2.45) is 5.73 Å². The SMILES string of the molecule is NC(=O)C(O)c1ccc(O)c(O)c1. The number of nitrogens with two attached hydrogens (primary N) is 1. The monoisotopic (exact) mass is 183 g/mol. The second-order valence-corrected chi connectivity index (χ2v) is 2.55. The minimum atomic E-state index is -1.47. The smallest absolute Gasteiger partial charge is 0.250 e. The molecule has 0 aliphatic rings. The summed E-state index contributed by atoms with van der Waals surface area (Å²) in [6.07, 6.45) is -1.47. The lowest BCUT2D eigenvalue weighted by atomic mass is 10.1. The number of phenols is 2. The van der Waals surface area contributed by atoms with Gasteiger partial charge >= 0.3 is 0 Å².